The molecule has 0 radical (unpaired) electrons. The van der Waals surface area contributed by atoms with Gasteiger partial charge in [0.1, 0.15) is 5.82 Å². The van der Waals surface area contributed by atoms with Gasteiger partial charge in [0, 0.05) is 37.1 Å². The van der Waals surface area contributed by atoms with E-state index in [0.717, 1.165) is 36.0 Å². The minimum atomic E-state index is -0.241. The lowest BCUT2D eigenvalue weighted by atomic mass is 10.1. The lowest BCUT2D eigenvalue weighted by molar-refractivity contribution is -0.131. The number of nitrogens with zero attached hydrogens (tertiary/aromatic N) is 1. The van der Waals surface area contributed by atoms with Gasteiger partial charge in [0.25, 0.3) is 0 Å². The number of nitrogens with one attached hydrogen (secondary N) is 1. The maximum Gasteiger partial charge on any atom is 0.223 e. The highest BCUT2D eigenvalue weighted by Crippen LogP contribution is 2.17. The summed E-state index contributed by atoms with van der Waals surface area (Å²) >= 11 is 3.39. The predicted octanol–water partition coefficient (Wildman–Crippen LogP) is 3.08. The summed E-state index contributed by atoms with van der Waals surface area (Å²) in [5, 5.41) is 3.20. The van der Waals surface area contributed by atoms with Gasteiger partial charge in [-0.3, -0.25) is 4.79 Å². The van der Waals surface area contributed by atoms with Crippen molar-refractivity contribution in [1.82, 2.24) is 10.2 Å². The summed E-state index contributed by atoms with van der Waals surface area (Å²) in [4.78, 5) is 13.9. The summed E-state index contributed by atoms with van der Waals surface area (Å²) < 4.78 is 14.0. The Morgan fingerprint density at radius 3 is 2.80 bits per heavy atom. The average molecular weight is 343 g/mol. The van der Waals surface area contributed by atoms with E-state index in [4.69, 9.17) is 0 Å². The number of hydrogen-bond acceptors (Lipinski definition) is 2. The smallest absolute Gasteiger partial charge is 0.223 e. The molecular weight excluding hydrogens is 323 g/mol. The molecule has 2 rings (SSSR count). The van der Waals surface area contributed by atoms with Gasteiger partial charge in [-0.1, -0.05) is 15.9 Å². The molecule has 0 saturated carbocycles. The molecule has 1 aliphatic heterocycles. The third-order valence-corrected chi connectivity index (χ3v) is 4.32. The van der Waals surface area contributed by atoms with Crippen molar-refractivity contribution < 1.29 is 9.18 Å². The van der Waals surface area contributed by atoms with Crippen molar-refractivity contribution >= 4 is 21.8 Å². The molecule has 0 unspecified atom stereocenters. The summed E-state index contributed by atoms with van der Waals surface area (Å²) in [5.74, 6) is -0.0232. The van der Waals surface area contributed by atoms with Gasteiger partial charge in [0.2, 0.25) is 5.91 Å². The van der Waals surface area contributed by atoms with Gasteiger partial charge in [0.15, 0.2) is 0 Å². The van der Waals surface area contributed by atoms with E-state index in [2.05, 4.69) is 21.2 Å². The minimum absolute atomic E-state index is 0.218. The standard InChI is InChI=1S/C15H20BrFN2O/c16-14-5-4-13(17)10-12(14)11-18-7-6-15(20)19-8-2-1-3-9-19/h4-5,10,18H,1-3,6-9,11H2. The van der Waals surface area contributed by atoms with Crippen LogP contribution in [0.3, 0.4) is 0 Å². The molecule has 1 heterocycles. The Morgan fingerprint density at radius 2 is 2.05 bits per heavy atom. The number of rotatable bonds is 5. The van der Waals surface area contributed by atoms with E-state index in [1.807, 2.05) is 4.90 Å². The molecule has 0 atom stereocenters. The van der Waals surface area contributed by atoms with Gasteiger partial charge in [-0.05, 0) is 43.0 Å². The largest absolute Gasteiger partial charge is 0.343 e. The molecule has 0 bridgehead atoms. The number of benzene rings is 1. The summed E-state index contributed by atoms with van der Waals surface area (Å²) in [6, 6.07) is 4.63. The van der Waals surface area contributed by atoms with E-state index in [9.17, 15) is 9.18 Å². The number of carbonyl (C=O) groups is 1. The van der Waals surface area contributed by atoms with Crippen LogP contribution >= 0.6 is 15.9 Å². The fourth-order valence-corrected chi connectivity index (χ4v) is 2.79. The molecule has 20 heavy (non-hydrogen) atoms. The average Bonchev–Trinajstić information content (AvgIpc) is 2.47. The van der Waals surface area contributed by atoms with Crippen LogP contribution in [0.4, 0.5) is 4.39 Å². The fourth-order valence-electron chi connectivity index (χ4n) is 2.40. The van der Waals surface area contributed by atoms with E-state index >= 15 is 0 Å². The van der Waals surface area contributed by atoms with Crippen molar-refractivity contribution in [1.29, 1.82) is 0 Å². The maximum atomic E-state index is 13.1. The monoisotopic (exact) mass is 342 g/mol. The van der Waals surface area contributed by atoms with E-state index in [0.29, 0.717) is 19.5 Å². The van der Waals surface area contributed by atoms with Crippen LogP contribution in [-0.2, 0) is 11.3 Å². The molecule has 5 heteroatoms. The number of carbonyl (C=O) groups excluding carboxylic acids is 1. The lowest BCUT2D eigenvalue weighted by Gasteiger charge is -2.26. The summed E-state index contributed by atoms with van der Waals surface area (Å²) in [7, 11) is 0. The molecule has 1 aromatic rings. The van der Waals surface area contributed by atoms with Gasteiger partial charge in [-0.2, -0.15) is 0 Å². The fraction of sp³-hybridized carbons (Fsp3) is 0.533. The molecule has 3 nitrogen and oxygen atoms in total. The van der Waals surface area contributed by atoms with Gasteiger partial charge < -0.3 is 10.2 Å². The van der Waals surface area contributed by atoms with Crippen molar-refractivity contribution in [2.24, 2.45) is 0 Å². The highest BCUT2D eigenvalue weighted by atomic mass is 79.9. The van der Waals surface area contributed by atoms with Crippen molar-refractivity contribution in [3.05, 3.63) is 34.1 Å². The Morgan fingerprint density at radius 1 is 1.30 bits per heavy atom. The normalized spacial score (nSPS) is 15.4. The summed E-state index contributed by atoms with van der Waals surface area (Å²) in [6.45, 7) is 2.98. The van der Waals surface area contributed by atoms with E-state index < -0.39 is 0 Å². The van der Waals surface area contributed by atoms with Crippen molar-refractivity contribution in [2.75, 3.05) is 19.6 Å². The van der Waals surface area contributed by atoms with Crippen LogP contribution in [0.25, 0.3) is 0 Å². The predicted molar refractivity (Wildman–Crippen MR) is 80.9 cm³/mol. The quantitative estimate of drug-likeness (QED) is 0.834. The number of piperidine rings is 1. The van der Waals surface area contributed by atoms with Crippen LogP contribution in [-0.4, -0.2) is 30.4 Å². The van der Waals surface area contributed by atoms with Gasteiger partial charge in [-0.25, -0.2) is 4.39 Å². The first-order chi connectivity index (χ1) is 9.66. The second-order valence-electron chi connectivity index (χ2n) is 5.10. The summed E-state index contributed by atoms with van der Waals surface area (Å²) in [6.07, 6.45) is 3.98. The first kappa shape index (κ1) is 15.4. The second-order valence-corrected chi connectivity index (χ2v) is 5.96. The zero-order valence-corrected chi connectivity index (χ0v) is 13.1. The number of halogens is 2. The van der Waals surface area contributed by atoms with E-state index in [1.54, 1.807) is 6.07 Å². The molecule has 0 aromatic heterocycles. The van der Waals surface area contributed by atoms with Crippen molar-refractivity contribution in [3.63, 3.8) is 0 Å². The second kappa shape index (κ2) is 7.74. The molecule has 1 aliphatic rings. The Bertz CT molecular complexity index is 461. The van der Waals surface area contributed by atoms with Crippen LogP contribution in [0, 0.1) is 5.82 Å². The van der Waals surface area contributed by atoms with Gasteiger partial charge >= 0.3 is 0 Å². The highest BCUT2D eigenvalue weighted by Gasteiger charge is 2.15. The maximum absolute atomic E-state index is 13.1. The Balaban J connectivity index is 1.70. The van der Waals surface area contributed by atoms with Crippen LogP contribution in [0.15, 0.2) is 22.7 Å². The first-order valence-electron chi connectivity index (χ1n) is 7.09. The Labute approximate surface area is 127 Å². The number of likely N-dealkylation sites (tertiary alicyclic amines) is 1. The first-order valence-corrected chi connectivity index (χ1v) is 7.88. The zero-order valence-electron chi connectivity index (χ0n) is 11.5. The molecule has 1 N–H and O–H groups in total. The van der Waals surface area contributed by atoms with Crippen molar-refractivity contribution in [2.45, 2.75) is 32.2 Å². The molecule has 1 fully saturated rings. The van der Waals surface area contributed by atoms with Gasteiger partial charge in [-0.15, -0.1) is 0 Å². The summed E-state index contributed by atoms with van der Waals surface area (Å²) in [5.41, 5.74) is 0.871. The minimum Gasteiger partial charge on any atom is -0.343 e. The molecule has 1 amide bonds. The SMILES string of the molecule is O=C(CCNCc1cc(F)ccc1Br)N1CCCCC1. The van der Waals surface area contributed by atoms with E-state index in [-0.39, 0.29) is 11.7 Å². The molecule has 0 spiro atoms. The zero-order chi connectivity index (χ0) is 14.4. The lowest BCUT2D eigenvalue weighted by Crippen LogP contribution is -2.37. The van der Waals surface area contributed by atoms with Gasteiger partial charge in [0.05, 0.1) is 0 Å². The number of amides is 1. The van der Waals surface area contributed by atoms with Crippen LogP contribution in [0.2, 0.25) is 0 Å². The Hall–Kier alpha value is -0.940. The van der Waals surface area contributed by atoms with E-state index in [1.165, 1.54) is 18.6 Å². The molecular formula is C15H20BrFN2O. The third-order valence-electron chi connectivity index (χ3n) is 3.55. The van der Waals surface area contributed by atoms with Crippen LogP contribution in [0.1, 0.15) is 31.2 Å². The molecule has 1 saturated heterocycles. The topological polar surface area (TPSA) is 32.3 Å². The third kappa shape index (κ3) is 4.56. The van der Waals surface area contributed by atoms with Crippen LogP contribution in [0.5, 0.6) is 0 Å². The molecule has 110 valence electrons. The Kier molecular flexibility index (Phi) is 5.98. The number of hydrogen-bond donors (Lipinski definition) is 1. The van der Waals surface area contributed by atoms with Crippen LogP contribution < -0.4 is 5.32 Å². The molecule has 0 aliphatic carbocycles. The molecule has 1 aromatic carbocycles. The highest BCUT2D eigenvalue weighted by molar-refractivity contribution is 9.10. The van der Waals surface area contributed by atoms with Crippen molar-refractivity contribution in [3.8, 4) is 0 Å².